The molecule has 0 saturated carbocycles. The molecule has 0 aliphatic carbocycles. The van der Waals surface area contributed by atoms with Crippen molar-refractivity contribution in [2.45, 2.75) is 6.92 Å². The number of nitrogens with zero attached hydrogens (tertiary/aromatic N) is 2. The average molecular weight is 172 g/mol. The van der Waals surface area contributed by atoms with Gasteiger partial charge in [0.15, 0.2) is 0 Å². The predicted molar refractivity (Wildman–Crippen MR) is 43.6 cm³/mol. The van der Waals surface area contributed by atoms with Gasteiger partial charge in [0.2, 0.25) is 5.82 Å². The van der Waals surface area contributed by atoms with Crippen molar-refractivity contribution in [1.82, 2.24) is 9.32 Å². The maximum absolute atomic E-state index is 10.5. The second kappa shape index (κ2) is 3.01. The highest BCUT2D eigenvalue weighted by atomic mass is 31.1. The lowest BCUT2D eigenvalue weighted by atomic mass is 10.6. The minimum atomic E-state index is -0.965. The first-order chi connectivity index (χ1) is 5.15. The van der Waals surface area contributed by atoms with Gasteiger partial charge in [-0.05, 0) is 22.3 Å². The highest BCUT2D eigenvalue weighted by Gasteiger charge is 2.10. The Morgan fingerprint density at radius 2 is 2.45 bits per heavy atom. The molecule has 0 spiro atoms. The largest absolute Gasteiger partial charge is 0.475 e. The van der Waals surface area contributed by atoms with E-state index in [9.17, 15) is 4.79 Å². The quantitative estimate of drug-likeness (QED) is 0.676. The van der Waals surface area contributed by atoms with Crippen molar-refractivity contribution in [3.8, 4) is 0 Å². The van der Waals surface area contributed by atoms with E-state index in [4.69, 9.17) is 5.11 Å². The van der Waals surface area contributed by atoms with Crippen molar-refractivity contribution in [1.29, 1.82) is 0 Å². The molecule has 5 heteroatoms. The zero-order chi connectivity index (χ0) is 8.43. The van der Waals surface area contributed by atoms with E-state index in [0.717, 1.165) is 5.69 Å². The van der Waals surface area contributed by atoms with Crippen molar-refractivity contribution >= 4 is 14.7 Å². The lowest BCUT2D eigenvalue weighted by molar-refractivity contribution is 0.0683. The normalized spacial score (nSPS) is 11.1. The maximum Gasteiger partial charge on any atom is 0.372 e. The fourth-order valence-corrected chi connectivity index (χ4v) is 1.49. The monoisotopic (exact) mass is 172 g/mol. The molecule has 1 aromatic rings. The molecule has 1 aromatic heterocycles. The van der Waals surface area contributed by atoms with Gasteiger partial charge in [-0.15, -0.1) is 0 Å². The molecule has 0 aliphatic heterocycles. The molecular formula is C6H9N2O2P. The van der Waals surface area contributed by atoms with Crippen LogP contribution in [0.15, 0.2) is 6.20 Å². The molecule has 0 radical (unpaired) electrons. The number of aromatic carboxylic acids is 1. The SMILES string of the molecule is CPn1cc(C)nc1C(=O)O. The molecule has 0 amide bonds. The summed E-state index contributed by atoms with van der Waals surface area (Å²) in [4.78, 5) is 14.4. The molecule has 0 saturated heterocycles. The molecule has 11 heavy (non-hydrogen) atoms. The minimum absolute atomic E-state index is 0.128. The minimum Gasteiger partial charge on any atom is -0.475 e. The van der Waals surface area contributed by atoms with Crippen molar-refractivity contribution in [2.75, 3.05) is 6.66 Å². The highest BCUT2D eigenvalue weighted by molar-refractivity contribution is 7.35. The topological polar surface area (TPSA) is 55.1 Å². The molecule has 1 atom stereocenters. The van der Waals surface area contributed by atoms with Crippen molar-refractivity contribution < 1.29 is 9.90 Å². The Bertz CT molecular complexity index is 282. The molecule has 0 bridgehead atoms. The summed E-state index contributed by atoms with van der Waals surface area (Å²) in [7, 11) is 0.416. The first kappa shape index (κ1) is 8.21. The van der Waals surface area contributed by atoms with Crippen molar-refractivity contribution in [2.24, 2.45) is 0 Å². The first-order valence-corrected chi connectivity index (χ1v) is 4.57. The van der Waals surface area contributed by atoms with Gasteiger partial charge in [0.05, 0.1) is 5.69 Å². The van der Waals surface area contributed by atoms with Gasteiger partial charge in [-0.3, -0.25) is 0 Å². The van der Waals surface area contributed by atoms with Gasteiger partial charge in [0.25, 0.3) is 0 Å². The average Bonchev–Trinajstić information content (AvgIpc) is 2.30. The van der Waals surface area contributed by atoms with Crippen LogP contribution in [0.2, 0.25) is 0 Å². The van der Waals surface area contributed by atoms with Gasteiger partial charge in [-0.2, -0.15) is 0 Å². The van der Waals surface area contributed by atoms with E-state index in [1.807, 2.05) is 6.66 Å². The molecule has 0 fully saturated rings. The molecule has 1 heterocycles. The standard InChI is InChI=1S/C6H9N2O2P/c1-4-3-8(11-2)5(7-4)6(9)10/h3,11H,1-2H3,(H,9,10). The summed E-state index contributed by atoms with van der Waals surface area (Å²) in [6, 6.07) is 0. The van der Waals surface area contributed by atoms with Gasteiger partial charge in [0.1, 0.15) is 0 Å². The third kappa shape index (κ3) is 1.57. The Kier molecular flexibility index (Phi) is 2.25. The summed E-state index contributed by atoms with van der Waals surface area (Å²) in [5, 5.41) is 8.63. The Balaban J connectivity index is 3.12. The third-order valence-electron chi connectivity index (χ3n) is 1.26. The highest BCUT2D eigenvalue weighted by Crippen LogP contribution is 2.13. The second-order valence-electron chi connectivity index (χ2n) is 2.10. The van der Waals surface area contributed by atoms with Crippen LogP contribution in [0.5, 0.6) is 0 Å². The number of imidazole rings is 1. The Hall–Kier alpha value is -0.890. The van der Waals surface area contributed by atoms with Gasteiger partial charge < -0.3 is 9.44 Å². The molecule has 4 nitrogen and oxygen atoms in total. The molecule has 60 valence electrons. The maximum atomic E-state index is 10.5. The Labute approximate surface area is 66.1 Å². The van der Waals surface area contributed by atoms with Crippen molar-refractivity contribution in [3.05, 3.63) is 17.7 Å². The van der Waals surface area contributed by atoms with Crippen LogP contribution in [0.1, 0.15) is 16.3 Å². The number of carboxylic acids is 1. The van der Waals surface area contributed by atoms with Crippen LogP contribution in [0.3, 0.4) is 0 Å². The van der Waals surface area contributed by atoms with Gasteiger partial charge in [-0.25, -0.2) is 9.78 Å². The number of hydrogen-bond donors (Lipinski definition) is 1. The molecule has 1 unspecified atom stereocenters. The van der Waals surface area contributed by atoms with Crippen LogP contribution in [0, 0.1) is 6.92 Å². The van der Waals surface area contributed by atoms with Gasteiger partial charge in [-0.1, -0.05) is 0 Å². The van der Waals surface area contributed by atoms with Gasteiger partial charge in [0, 0.05) is 6.20 Å². The number of aryl methyl sites for hydroxylation is 1. The fourth-order valence-electron chi connectivity index (χ4n) is 0.819. The van der Waals surface area contributed by atoms with Gasteiger partial charge >= 0.3 is 5.97 Å². The molecule has 1 N–H and O–H groups in total. The lowest BCUT2D eigenvalue weighted by Gasteiger charge is -1.96. The number of carbonyl (C=O) groups is 1. The smallest absolute Gasteiger partial charge is 0.372 e. The summed E-state index contributed by atoms with van der Waals surface area (Å²) in [5.41, 5.74) is 0.747. The lowest BCUT2D eigenvalue weighted by Crippen LogP contribution is -2.03. The molecular weight excluding hydrogens is 163 g/mol. The van der Waals surface area contributed by atoms with Crippen LogP contribution in [-0.2, 0) is 0 Å². The number of aromatic nitrogens is 2. The van der Waals surface area contributed by atoms with E-state index in [2.05, 4.69) is 4.98 Å². The van der Waals surface area contributed by atoms with E-state index in [0.29, 0.717) is 8.73 Å². The third-order valence-corrected chi connectivity index (χ3v) is 2.08. The Morgan fingerprint density at radius 3 is 2.82 bits per heavy atom. The first-order valence-electron chi connectivity index (χ1n) is 3.12. The predicted octanol–water partition coefficient (Wildman–Crippen LogP) is 0.961. The fraction of sp³-hybridized carbons (Fsp3) is 0.333. The summed E-state index contributed by atoms with van der Waals surface area (Å²) < 4.78 is 1.64. The second-order valence-corrected chi connectivity index (χ2v) is 3.03. The van der Waals surface area contributed by atoms with Crippen LogP contribution in [-0.4, -0.2) is 27.1 Å². The number of rotatable bonds is 2. The van der Waals surface area contributed by atoms with E-state index >= 15 is 0 Å². The van der Waals surface area contributed by atoms with E-state index in [-0.39, 0.29) is 5.82 Å². The van der Waals surface area contributed by atoms with E-state index in [1.54, 1.807) is 17.5 Å². The number of hydrogen-bond acceptors (Lipinski definition) is 2. The zero-order valence-corrected chi connectivity index (χ0v) is 7.33. The number of carboxylic acid groups (broad SMARTS) is 1. The molecule has 1 rings (SSSR count). The Morgan fingerprint density at radius 1 is 1.82 bits per heavy atom. The molecule has 0 aliphatic rings. The summed E-state index contributed by atoms with van der Waals surface area (Å²) in [6.45, 7) is 3.69. The molecule has 0 aromatic carbocycles. The van der Waals surface area contributed by atoms with Crippen LogP contribution < -0.4 is 0 Å². The van der Waals surface area contributed by atoms with E-state index < -0.39 is 5.97 Å². The van der Waals surface area contributed by atoms with E-state index in [1.165, 1.54) is 0 Å². The van der Waals surface area contributed by atoms with Crippen LogP contribution in [0.25, 0.3) is 0 Å². The van der Waals surface area contributed by atoms with Crippen molar-refractivity contribution in [3.63, 3.8) is 0 Å². The summed E-state index contributed by atoms with van der Waals surface area (Å²) >= 11 is 0. The van der Waals surface area contributed by atoms with Crippen LogP contribution in [0.4, 0.5) is 0 Å². The van der Waals surface area contributed by atoms with Crippen LogP contribution >= 0.6 is 8.73 Å². The zero-order valence-electron chi connectivity index (χ0n) is 6.33. The summed E-state index contributed by atoms with van der Waals surface area (Å²) in [6.07, 6.45) is 1.74. The summed E-state index contributed by atoms with van der Waals surface area (Å²) in [5.74, 6) is -0.837.